The predicted octanol–water partition coefficient (Wildman–Crippen LogP) is 3.85. The predicted molar refractivity (Wildman–Crippen MR) is 76.8 cm³/mol. The van der Waals surface area contributed by atoms with E-state index in [4.69, 9.17) is 9.84 Å². The molecule has 6 heteroatoms. The highest BCUT2D eigenvalue weighted by Crippen LogP contribution is 2.29. The molecule has 0 fully saturated rings. The third-order valence-corrected chi connectivity index (χ3v) is 3.63. The Kier molecular flexibility index (Phi) is 4.53. The molecular formula is C14H9F2IO3. The van der Waals surface area contributed by atoms with E-state index in [0.29, 0.717) is 0 Å². The van der Waals surface area contributed by atoms with Crippen LogP contribution in [0.1, 0.15) is 15.9 Å². The van der Waals surface area contributed by atoms with Crippen LogP contribution in [0.15, 0.2) is 36.4 Å². The minimum absolute atomic E-state index is 0.00280. The van der Waals surface area contributed by atoms with Gasteiger partial charge in [0.25, 0.3) is 0 Å². The number of rotatable bonds is 4. The van der Waals surface area contributed by atoms with Gasteiger partial charge in [-0.3, -0.25) is 0 Å². The summed E-state index contributed by atoms with van der Waals surface area (Å²) in [6.07, 6.45) is 0. The molecule has 2 aromatic carbocycles. The molecule has 0 bridgehead atoms. The van der Waals surface area contributed by atoms with Crippen LogP contribution in [-0.4, -0.2) is 11.1 Å². The van der Waals surface area contributed by atoms with Gasteiger partial charge in [-0.1, -0.05) is 30.3 Å². The van der Waals surface area contributed by atoms with Crippen molar-refractivity contribution in [3.05, 3.63) is 62.7 Å². The average Bonchev–Trinajstić information content (AvgIpc) is 2.43. The molecule has 104 valence electrons. The number of carboxylic acids is 1. The second-order valence-corrected chi connectivity index (χ2v) is 5.02. The van der Waals surface area contributed by atoms with Gasteiger partial charge in [0.1, 0.15) is 6.61 Å². The number of ether oxygens (including phenoxy) is 1. The van der Waals surface area contributed by atoms with Crippen LogP contribution in [-0.2, 0) is 6.61 Å². The molecule has 0 spiro atoms. The zero-order chi connectivity index (χ0) is 14.7. The largest absolute Gasteiger partial charge is 0.483 e. The topological polar surface area (TPSA) is 46.5 Å². The second kappa shape index (κ2) is 6.17. The first-order chi connectivity index (χ1) is 9.50. The van der Waals surface area contributed by atoms with E-state index >= 15 is 0 Å². The summed E-state index contributed by atoms with van der Waals surface area (Å²) >= 11 is 1.51. The van der Waals surface area contributed by atoms with Crippen LogP contribution in [0.4, 0.5) is 8.78 Å². The summed E-state index contributed by atoms with van der Waals surface area (Å²) in [7, 11) is 0. The van der Waals surface area contributed by atoms with Crippen LogP contribution >= 0.6 is 22.6 Å². The van der Waals surface area contributed by atoms with Gasteiger partial charge in [0.05, 0.1) is 9.13 Å². The maximum Gasteiger partial charge on any atom is 0.336 e. The first-order valence-electron chi connectivity index (χ1n) is 5.58. The molecular weight excluding hydrogens is 381 g/mol. The Labute approximate surface area is 127 Å². The molecule has 0 radical (unpaired) electrons. The summed E-state index contributed by atoms with van der Waals surface area (Å²) in [5, 5.41) is 8.83. The molecule has 0 aliphatic rings. The van der Waals surface area contributed by atoms with Crippen molar-refractivity contribution in [3.63, 3.8) is 0 Å². The number of aromatic carboxylic acids is 1. The summed E-state index contributed by atoms with van der Waals surface area (Å²) in [6, 6.07) is 9.65. The lowest BCUT2D eigenvalue weighted by Gasteiger charge is -2.11. The van der Waals surface area contributed by atoms with E-state index in [-0.39, 0.29) is 10.2 Å². The van der Waals surface area contributed by atoms with Crippen molar-refractivity contribution in [1.82, 2.24) is 0 Å². The molecule has 0 saturated carbocycles. The molecule has 0 heterocycles. The average molecular weight is 390 g/mol. The Morgan fingerprint density at radius 2 is 1.90 bits per heavy atom. The molecule has 2 rings (SSSR count). The summed E-state index contributed by atoms with van der Waals surface area (Å²) in [5.74, 6) is -3.99. The summed E-state index contributed by atoms with van der Waals surface area (Å²) < 4.78 is 32.6. The smallest absolute Gasteiger partial charge is 0.336 e. The van der Waals surface area contributed by atoms with Gasteiger partial charge < -0.3 is 9.84 Å². The van der Waals surface area contributed by atoms with Gasteiger partial charge in [0.2, 0.25) is 0 Å². The molecule has 3 nitrogen and oxygen atoms in total. The van der Waals surface area contributed by atoms with Crippen LogP contribution in [0.25, 0.3) is 0 Å². The highest BCUT2D eigenvalue weighted by molar-refractivity contribution is 14.1. The van der Waals surface area contributed by atoms with E-state index in [2.05, 4.69) is 0 Å². The molecule has 0 aliphatic carbocycles. The number of hydrogen-bond acceptors (Lipinski definition) is 2. The maximum atomic E-state index is 14.0. The SMILES string of the molecule is O=C(O)c1cc(F)c(OCc2ccccc2)c(F)c1I. The van der Waals surface area contributed by atoms with Crippen molar-refractivity contribution in [2.24, 2.45) is 0 Å². The van der Waals surface area contributed by atoms with Gasteiger partial charge in [-0.05, 0) is 34.2 Å². The molecule has 20 heavy (non-hydrogen) atoms. The number of benzene rings is 2. The third-order valence-electron chi connectivity index (χ3n) is 2.57. The lowest BCUT2D eigenvalue weighted by Crippen LogP contribution is -2.07. The van der Waals surface area contributed by atoms with Crippen molar-refractivity contribution in [2.45, 2.75) is 6.61 Å². The van der Waals surface area contributed by atoms with Crippen molar-refractivity contribution in [3.8, 4) is 5.75 Å². The second-order valence-electron chi connectivity index (χ2n) is 3.94. The Bertz CT molecular complexity index is 645. The van der Waals surface area contributed by atoms with Crippen LogP contribution in [0.2, 0.25) is 0 Å². The van der Waals surface area contributed by atoms with E-state index < -0.39 is 28.9 Å². The highest BCUT2D eigenvalue weighted by atomic mass is 127. The summed E-state index contributed by atoms with van der Waals surface area (Å²) in [5.41, 5.74) is 0.330. The lowest BCUT2D eigenvalue weighted by atomic mass is 10.2. The van der Waals surface area contributed by atoms with Crippen LogP contribution in [0.3, 0.4) is 0 Å². The molecule has 0 atom stereocenters. The fraction of sp³-hybridized carbons (Fsp3) is 0.0714. The fourth-order valence-corrected chi connectivity index (χ4v) is 2.23. The van der Waals surface area contributed by atoms with E-state index in [0.717, 1.165) is 11.6 Å². The Balaban J connectivity index is 2.29. The number of hydrogen-bond donors (Lipinski definition) is 1. The zero-order valence-electron chi connectivity index (χ0n) is 10.1. The summed E-state index contributed by atoms with van der Waals surface area (Å²) in [6.45, 7) is -0.00280. The van der Waals surface area contributed by atoms with E-state index in [1.165, 1.54) is 22.6 Å². The molecule has 1 N–H and O–H groups in total. The maximum absolute atomic E-state index is 14.0. The molecule has 0 aromatic heterocycles. The van der Waals surface area contributed by atoms with Crippen molar-refractivity contribution in [2.75, 3.05) is 0 Å². The third kappa shape index (κ3) is 3.06. The molecule has 0 saturated heterocycles. The van der Waals surface area contributed by atoms with E-state index in [1.54, 1.807) is 24.3 Å². The number of carbonyl (C=O) groups is 1. The number of carboxylic acid groups (broad SMARTS) is 1. The Morgan fingerprint density at radius 3 is 2.50 bits per heavy atom. The van der Waals surface area contributed by atoms with Crippen LogP contribution in [0, 0.1) is 15.2 Å². The first-order valence-corrected chi connectivity index (χ1v) is 6.66. The molecule has 0 aliphatic heterocycles. The van der Waals surface area contributed by atoms with Gasteiger partial charge in [0.15, 0.2) is 17.4 Å². The van der Waals surface area contributed by atoms with E-state index in [9.17, 15) is 13.6 Å². The minimum Gasteiger partial charge on any atom is -0.483 e. The van der Waals surface area contributed by atoms with Crippen LogP contribution in [0.5, 0.6) is 5.75 Å². The van der Waals surface area contributed by atoms with Crippen molar-refractivity contribution >= 4 is 28.6 Å². The molecule has 0 unspecified atom stereocenters. The minimum atomic E-state index is -1.39. The van der Waals surface area contributed by atoms with Gasteiger partial charge in [0, 0.05) is 0 Å². The monoisotopic (exact) mass is 390 g/mol. The van der Waals surface area contributed by atoms with Gasteiger partial charge in [-0.15, -0.1) is 0 Å². The van der Waals surface area contributed by atoms with Crippen molar-refractivity contribution < 1.29 is 23.4 Å². The first kappa shape index (κ1) is 14.7. The Hall–Kier alpha value is -1.70. The molecule has 2 aromatic rings. The number of halogens is 3. The van der Waals surface area contributed by atoms with Crippen LogP contribution < -0.4 is 4.74 Å². The lowest BCUT2D eigenvalue weighted by molar-refractivity contribution is 0.0694. The quantitative estimate of drug-likeness (QED) is 0.638. The van der Waals surface area contributed by atoms with Crippen molar-refractivity contribution in [1.29, 1.82) is 0 Å². The van der Waals surface area contributed by atoms with Gasteiger partial charge in [-0.2, -0.15) is 0 Å². The zero-order valence-corrected chi connectivity index (χ0v) is 12.2. The van der Waals surface area contributed by atoms with E-state index in [1.807, 2.05) is 6.07 Å². The summed E-state index contributed by atoms with van der Waals surface area (Å²) in [4.78, 5) is 10.8. The molecule has 0 amide bonds. The van der Waals surface area contributed by atoms with Gasteiger partial charge in [-0.25, -0.2) is 13.6 Å². The standard InChI is InChI=1S/C14H9F2IO3/c15-10-6-9(14(18)19)12(17)11(16)13(10)20-7-8-4-2-1-3-5-8/h1-6H,7H2,(H,18,19). The highest BCUT2D eigenvalue weighted by Gasteiger charge is 2.21. The Morgan fingerprint density at radius 1 is 1.25 bits per heavy atom. The fourth-order valence-electron chi connectivity index (χ4n) is 1.60. The van der Waals surface area contributed by atoms with Gasteiger partial charge >= 0.3 is 5.97 Å². The normalized spacial score (nSPS) is 10.3.